The van der Waals surface area contributed by atoms with Gasteiger partial charge in [0, 0.05) is 23.6 Å². The van der Waals surface area contributed by atoms with Crippen LogP contribution in [0.15, 0.2) is 45.6 Å². The molecule has 0 bridgehead atoms. The zero-order chi connectivity index (χ0) is 12.3. The van der Waals surface area contributed by atoms with Gasteiger partial charge in [0.2, 0.25) is 0 Å². The maximum atomic E-state index is 11.4. The first-order valence-electron chi connectivity index (χ1n) is 5.35. The predicted molar refractivity (Wildman–Crippen MR) is 67.7 cm³/mol. The molecule has 2 heteroatoms. The van der Waals surface area contributed by atoms with Gasteiger partial charge in [0.05, 0.1) is 0 Å². The highest BCUT2D eigenvalue weighted by atomic mass is 16.4. The maximum absolute atomic E-state index is 11.4. The van der Waals surface area contributed by atoms with E-state index in [0.717, 1.165) is 16.7 Å². The van der Waals surface area contributed by atoms with Crippen molar-refractivity contribution in [3.05, 3.63) is 57.9 Å². The molecule has 0 aliphatic carbocycles. The Morgan fingerprint density at radius 1 is 1.29 bits per heavy atom. The van der Waals surface area contributed by atoms with E-state index in [4.69, 9.17) is 10.8 Å². The standard InChI is InChI=1S/C15H12O2/c1-3-7-13-11(2)10-14(16)17-15(13)12-8-5-4-6-9-12/h1,4-6,8-10H,7H2,2H3. The van der Waals surface area contributed by atoms with E-state index in [1.54, 1.807) is 0 Å². The average Bonchev–Trinajstić information content (AvgIpc) is 2.33. The van der Waals surface area contributed by atoms with Gasteiger partial charge in [-0.2, -0.15) is 0 Å². The van der Waals surface area contributed by atoms with Gasteiger partial charge in [0.25, 0.3) is 0 Å². The van der Waals surface area contributed by atoms with Crippen LogP contribution in [0.4, 0.5) is 0 Å². The molecule has 2 aromatic rings. The third-order valence-corrected chi connectivity index (χ3v) is 2.60. The zero-order valence-corrected chi connectivity index (χ0v) is 9.57. The number of hydrogen-bond donors (Lipinski definition) is 0. The molecule has 84 valence electrons. The molecule has 0 radical (unpaired) electrons. The van der Waals surface area contributed by atoms with Crippen LogP contribution in [0.2, 0.25) is 0 Å². The van der Waals surface area contributed by atoms with Gasteiger partial charge in [-0.1, -0.05) is 30.3 Å². The van der Waals surface area contributed by atoms with Crippen molar-refractivity contribution >= 4 is 0 Å². The van der Waals surface area contributed by atoms with Crippen molar-refractivity contribution in [3.63, 3.8) is 0 Å². The molecule has 0 saturated carbocycles. The molecule has 1 heterocycles. The fourth-order valence-electron chi connectivity index (χ4n) is 1.78. The van der Waals surface area contributed by atoms with E-state index in [2.05, 4.69) is 5.92 Å². The maximum Gasteiger partial charge on any atom is 0.336 e. The van der Waals surface area contributed by atoms with E-state index in [1.807, 2.05) is 37.3 Å². The molecular formula is C15H12O2. The van der Waals surface area contributed by atoms with Gasteiger partial charge in [-0.3, -0.25) is 0 Å². The molecule has 1 aromatic carbocycles. The molecular weight excluding hydrogens is 212 g/mol. The number of hydrogen-bond acceptors (Lipinski definition) is 2. The minimum Gasteiger partial charge on any atom is -0.422 e. The Kier molecular flexibility index (Phi) is 3.11. The summed E-state index contributed by atoms with van der Waals surface area (Å²) in [5, 5.41) is 0. The zero-order valence-electron chi connectivity index (χ0n) is 9.57. The van der Waals surface area contributed by atoms with E-state index in [-0.39, 0.29) is 5.63 Å². The number of rotatable bonds is 2. The summed E-state index contributed by atoms with van der Waals surface area (Å²) in [5.74, 6) is 3.17. The fourth-order valence-corrected chi connectivity index (χ4v) is 1.78. The topological polar surface area (TPSA) is 30.2 Å². The normalized spacial score (nSPS) is 9.88. The average molecular weight is 224 g/mol. The Balaban J connectivity index is 2.68. The van der Waals surface area contributed by atoms with Gasteiger partial charge >= 0.3 is 5.63 Å². The third-order valence-electron chi connectivity index (χ3n) is 2.60. The first-order valence-corrected chi connectivity index (χ1v) is 5.35. The lowest BCUT2D eigenvalue weighted by atomic mass is 10.0. The predicted octanol–water partition coefficient (Wildman–Crippen LogP) is 2.79. The van der Waals surface area contributed by atoms with Gasteiger partial charge < -0.3 is 4.42 Å². The monoisotopic (exact) mass is 224 g/mol. The lowest BCUT2D eigenvalue weighted by Gasteiger charge is -2.08. The van der Waals surface area contributed by atoms with Crippen molar-refractivity contribution in [2.45, 2.75) is 13.3 Å². The van der Waals surface area contributed by atoms with Gasteiger partial charge in [-0.15, -0.1) is 12.3 Å². The van der Waals surface area contributed by atoms with Gasteiger partial charge in [-0.25, -0.2) is 4.79 Å². The SMILES string of the molecule is C#CCc1c(C)cc(=O)oc1-c1ccccc1. The summed E-state index contributed by atoms with van der Waals surface area (Å²) >= 11 is 0. The van der Waals surface area contributed by atoms with Gasteiger partial charge in [0.15, 0.2) is 0 Å². The van der Waals surface area contributed by atoms with Gasteiger partial charge in [0.1, 0.15) is 5.76 Å². The van der Waals surface area contributed by atoms with Crippen LogP contribution in [0, 0.1) is 19.3 Å². The molecule has 0 N–H and O–H groups in total. The second-order valence-corrected chi connectivity index (χ2v) is 3.80. The Labute approximate surface area is 99.9 Å². The van der Waals surface area contributed by atoms with Crippen molar-refractivity contribution in [2.75, 3.05) is 0 Å². The summed E-state index contributed by atoms with van der Waals surface area (Å²) in [4.78, 5) is 11.4. The van der Waals surface area contributed by atoms with Crippen LogP contribution in [0.5, 0.6) is 0 Å². The summed E-state index contributed by atoms with van der Waals surface area (Å²) in [6.45, 7) is 1.87. The molecule has 2 nitrogen and oxygen atoms in total. The number of benzene rings is 1. The molecule has 0 aliphatic heterocycles. The Morgan fingerprint density at radius 3 is 2.65 bits per heavy atom. The molecule has 1 aromatic heterocycles. The molecule has 0 spiro atoms. The van der Waals surface area contributed by atoms with Crippen LogP contribution in [0.1, 0.15) is 11.1 Å². The number of terminal acetylenes is 1. The van der Waals surface area contributed by atoms with Crippen LogP contribution in [-0.2, 0) is 6.42 Å². The molecule has 0 unspecified atom stereocenters. The van der Waals surface area contributed by atoms with E-state index in [9.17, 15) is 4.79 Å². The Morgan fingerprint density at radius 2 is 2.00 bits per heavy atom. The van der Waals surface area contributed by atoms with Crippen molar-refractivity contribution in [1.29, 1.82) is 0 Å². The largest absolute Gasteiger partial charge is 0.422 e. The molecule has 0 amide bonds. The van der Waals surface area contributed by atoms with Crippen LogP contribution < -0.4 is 5.63 Å². The summed E-state index contributed by atoms with van der Waals surface area (Å²) in [5.41, 5.74) is 2.30. The molecule has 17 heavy (non-hydrogen) atoms. The van der Waals surface area contributed by atoms with Crippen LogP contribution in [0.3, 0.4) is 0 Å². The molecule has 0 aliphatic rings. The quantitative estimate of drug-likeness (QED) is 0.734. The molecule has 2 rings (SSSR count). The first kappa shape index (κ1) is 11.2. The van der Waals surface area contributed by atoms with Crippen molar-refractivity contribution in [2.24, 2.45) is 0 Å². The van der Waals surface area contributed by atoms with Crippen LogP contribution in [0.25, 0.3) is 11.3 Å². The summed E-state index contributed by atoms with van der Waals surface area (Å²) in [7, 11) is 0. The Hall–Kier alpha value is -2.27. The second-order valence-electron chi connectivity index (χ2n) is 3.80. The lowest BCUT2D eigenvalue weighted by Crippen LogP contribution is -2.04. The molecule has 0 saturated heterocycles. The van der Waals surface area contributed by atoms with Crippen molar-refractivity contribution < 1.29 is 4.42 Å². The van der Waals surface area contributed by atoms with E-state index in [1.165, 1.54) is 6.07 Å². The van der Waals surface area contributed by atoms with Gasteiger partial charge in [-0.05, 0) is 12.5 Å². The third kappa shape index (κ3) is 2.29. The van der Waals surface area contributed by atoms with Crippen LogP contribution >= 0.6 is 0 Å². The van der Waals surface area contributed by atoms with E-state index < -0.39 is 0 Å². The first-order chi connectivity index (χ1) is 8.22. The highest BCUT2D eigenvalue weighted by Crippen LogP contribution is 2.24. The number of aryl methyl sites for hydroxylation is 1. The van der Waals surface area contributed by atoms with Crippen molar-refractivity contribution in [3.8, 4) is 23.7 Å². The second kappa shape index (κ2) is 4.71. The smallest absolute Gasteiger partial charge is 0.336 e. The summed E-state index contributed by atoms with van der Waals surface area (Å²) < 4.78 is 5.28. The fraction of sp³-hybridized carbons (Fsp3) is 0.133. The highest BCUT2D eigenvalue weighted by Gasteiger charge is 2.11. The molecule has 0 atom stereocenters. The minimum atomic E-state index is -0.345. The Bertz CT molecular complexity index is 616. The highest BCUT2D eigenvalue weighted by molar-refractivity contribution is 5.62. The van der Waals surface area contributed by atoms with E-state index >= 15 is 0 Å². The molecule has 0 fully saturated rings. The lowest BCUT2D eigenvalue weighted by molar-refractivity contribution is 0.519. The minimum absolute atomic E-state index is 0.345. The van der Waals surface area contributed by atoms with Crippen LogP contribution in [-0.4, -0.2) is 0 Å². The summed E-state index contributed by atoms with van der Waals surface area (Å²) in [6, 6.07) is 11.0. The summed E-state index contributed by atoms with van der Waals surface area (Å²) in [6.07, 6.45) is 5.80. The van der Waals surface area contributed by atoms with E-state index in [0.29, 0.717) is 12.2 Å². The van der Waals surface area contributed by atoms with Crippen molar-refractivity contribution in [1.82, 2.24) is 0 Å².